The van der Waals surface area contributed by atoms with Gasteiger partial charge in [-0.25, -0.2) is 9.67 Å². The van der Waals surface area contributed by atoms with Crippen molar-refractivity contribution in [2.45, 2.75) is 13.0 Å². The minimum Gasteiger partial charge on any atom is -0.381 e. The topological polar surface area (TPSA) is 95.8 Å². The number of aromatic nitrogens is 5. The lowest BCUT2D eigenvalue weighted by Crippen LogP contribution is -2.23. The zero-order valence-electron chi connectivity index (χ0n) is 16.4. The van der Waals surface area contributed by atoms with E-state index in [2.05, 4.69) is 25.8 Å². The molecule has 0 aromatic carbocycles. The highest BCUT2D eigenvalue weighted by Gasteiger charge is 2.18. The SMILES string of the molecule is CNc1c(NC(=S)Cc2cccc(N(C)C)n2)n(C)n(Cc2ccn[nH]2)c1=O. The average molecular weight is 401 g/mol. The van der Waals surface area contributed by atoms with Crippen molar-refractivity contribution in [2.75, 3.05) is 36.7 Å². The van der Waals surface area contributed by atoms with E-state index in [1.807, 2.05) is 50.3 Å². The van der Waals surface area contributed by atoms with Crippen molar-refractivity contribution in [1.82, 2.24) is 24.5 Å². The molecule has 0 unspecified atom stereocenters. The summed E-state index contributed by atoms with van der Waals surface area (Å²) in [6.07, 6.45) is 2.13. The lowest BCUT2D eigenvalue weighted by Gasteiger charge is -2.14. The van der Waals surface area contributed by atoms with E-state index in [9.17, 15) is 4.79 Å². The minimum absolute atomic E-state index is 0.141. The fourth-order valence-corrected chi connectivity index (χ4v) is 3.13. The third kappa shape index (κ3) is 4.06. The largest absolute Gasteiger partial charge is 0.381 e. The van der Waals surface area contributed by atoms with Gasteiger partial charge < -0.3 is 15.5 Å². The first-order valence-electron chi connectivity index (χ1n) is 8.79. The van der Waals surface area contributed by atoms with Crippen molar-refractivity contribution in [3.63, 3.8) is 0 Å². The molecule has 9 nitrogen and oxygen atoms in total. The van der Waals surface area contributed by atoms with E-state index in [-0.39, 0.29) is 5.56 Å². The number of rotatable bonds is 7. The van der Waals surface area contributed by atoms with Crippen molar-refractivity contribution < 1.29 is 0 Å². The second-order valence-electron chi connectivity index (χ2n) is 6.55. The van der Waals surface area contributed by atoms with Crippen molar-refractivity contribution >= 4 is 34.5 Å². The van der Waals surface area contributed by atoms with E-state index in [1.165, 1.54) is 0 Å². The smallest absolute Gasteiger partial charge is 0.292 e. The first kappa shape index (κ1) is 19.6. The van der Waals surface area contributed by atoms with Crippen LogP contribution >= 0.6 is 12.2 Å². The fourth-order valence-electron chi connectivity index (χ4n) is 2.89. The summed E-state index contributed by atoms with van der Waals surface area (Å²) in [7, 11) is 7.42. The number of hydrogen-bond donors (Lipinski definition) is 3. The normalized spacial score (nSPS) is 10.7. The summed E-state index contributed by atoms with van der Waals surface area (Å²) in [5.74, 6) is 1.48. The Morgan fingerprint density at radius 2 is 2.11 bits per heavy atom. The number of aromatic amines is 1. The van der Waals surface area contributed by atoms with Crippen LogP contribution in [-0.4, -0.2) is 50.7 Å². The molecule has 0 aliphatic heterocycles. The molecule has 0 spiro atoms. The number of thiocarbonyl (C=S) groups is 1. The molecule has 0 atom stereocenters. The summed E-state index contributed by atoms with van der Waals surface area (Å²) in [5.41, 5.74) is 2.01. The van der Waals surface area contributed by atoms with Crippen LogP contribution in [-0.2, 0) is 20.0 Å². The maximum absolute atomic E-state index is 12.8. The van der Waals surface area contributed by atoms with Gasteiger partial charge in [-0.15, -0.1) is 0 Å². The molecule has 0 saturated carbocycles. The maximum Gasteiger partial charge on any atom is 0.292 e. The first-order valence-corrected chi connectivity index (χ1v) is 9.20. The van der Waals surface area contributed by atoms with E-state index in [1.54, 1.807) is 22.6 Å². The number of H-pyrrole nitrogens is 1. The van der Waals surface area contributed by atoms with E-state index in [4.69, 9.17) is 12.2 Å². The Balaban J connectivity index is 1.82. The second kappa shape index (κ2) is 8.26. The van der Waals surface area contributed by atoms with Crippen LogP contribution in [0, 0.1) is 0 Å². The third-order valence-electron chi connectivity index (χ3n) is 4.35. The van der Waals surface area contributed by atoms with Gasteiger partial charge in [-0.05, 0) is 18.2 Å². The highest BCUT2D eigenvalue weighted by molar-refractivity contribution is 7.80. The number of hydrogen-bond acceptors (Lipinski definition) is 6. The lowest BCUT2D eigenvalue weighted by atomic mass is 10.2. The van der Waals surface area contributed by atoms with Crippen LogP contribution in [0.25, 0.3) is 0 Å². The van der Waals surface area contributed by atoms with E-state index >= 15 is 0 Å². The van der Waals surface area contributed by atoms with Crippen LogP contribution in [0.15, 0.2) is 35.3 Å². The van der Waals surface area contributed by atoms with Crippen LogP contribution in [0.2, 0.25) is 0 Å². The monoisotopic (exact) mass is 400 g/mol. The van der Waals surface area contributed by atoms with Crippen molar-refractivity contribution in [3.8, 4) is 0 Å². The van der Waals surface area contributed by atoms with Crippen LogP contribution < -0.4 is 21.1 Å². The summed E-state index contributed by atoms with van der Waals surface area (Å²) in [6, 6.07) is 7.66. The molecule has 3 heterocycles. The predicted octanol–water partition coefficient (Wildman–Crippen LogP) is 1.44. The molecule has 0 saturated heterocycles. The van der Waals surface area contributed by atoms with Gasteiger partial charge in [0.25, 0.3) is 5.56 Å². The van der Waals surface area contributed by atoms with Crippen LogP contribution in [0.4, 0.5) is 17.3 Å². The Morgan fingerprint density at radius 3 is 2.75 bits per heavy atom. The summed E-state index contributed by atoms with van der Waals surface area (Å²) < 4.78 is 3.36. The number of nitrogens with zero attached hydrogens (tertiary/aromatic N) is 5. The molecule has 0 aliphatic rings. The summed E-state index contributed by atoms with van der Waals surface area (Å²) in [4.78, 5) is 19.9. The molecule has 0 bridgehead atoms. The fraction of sp³-hybridized carbons (Fsp3) is 0.333. The molecule has 3 rings (SSSR count). The molecule has 3 N–H and O–H groups in total. The van der Waals surface area contributed by atoms with Gasteiger partial charge in [0, 0.05) is 46.5 Å². The molecule has 3 aromatic heterocycles. The van der Waals surface area contributed by atoms with Gasteiger partial charge in [0.05, 0.1) is 17.2 Å². The van der Waals surface area contributed by atoms with Crippen LogP contribution in [0.1, 0.15) is 11.4 Å². The van der Waals surface area contributed by atoms with Gasteiger partial charge in [-0.2, -0.15) is 5.10 Å². The minimum atomic E-state index is -0.141. The number of anilines is 3. The van der Waals surface area contributed by atoms with Gasteiger partial charge in [0.15, 0.2) is 5.82 Å². The molecule has 0 aliphatic carbocycles. The molecular formula is C18H24N8OS. The van der Waals surface area contributed by atoms with Gasteiger partial charge in [0.1, 0.15) is 11.5 Å². The maximum atomic E-state index is 12.8. The molecular weight excluding hydrogens is 376 g/mol. The zero-order chi connectivity index (χ0) is 20.3. The number of nitrogens with one attached hydrogen (secondary N) is 3. The lowest BCUT2D eigenvalue weighted by molar-refractivity contribution is 0.534. The van der Waals surface area contributed by atoms with Crippen LogP contribution in [0.3, 0.4) is 0 Å². The third-order valence-corrected chi connectivity index (χ3v) is 4.60. The standard InChI is InChI=1S/C18H24N8OS/c1-19-16-17(25(4)26(18(16)27)11-13-8-9-20-23-13)22-15(28)10-12-6-5-7-14(21-12)24(2)3/h5-9,19H,10-11H2,1-4H3,(H,20,23)(H,22,28). The van der Waals surface area contributed by atoms with Gasteiger partial charge >= 0.3 is 0 Å². The molecule has 148 valence electrons. The van der Waals surface area contributed by atoms with Crippen LogP contribution in [0.5, 0.6) is 0 Å². The summed E-state index contributed by atoms with van der Waals surface area (Å²) in [5, 5.41) is 13.0. The van der Waals surface area contributed by atoms with Crippen molar-refractivity contribution in [1.29, 1.82) is 0 Å². The summed E-state index contributed by atoms with van der Waals surface area (Å²) in [6.45, 7) is 0.380. The first-order chi connectivity index (χ1) is 13.4. The Kier molecular flexibility index (Phi) is 5.78. The molecule has 3 aromatic rings. The van der Waals surface area contributed by atoms with Gasteiger partial charge in [-0.3, -0.25) is 14.6 Å². The summed E-state index contributed by atoms with van der Waals surface area (Å²) >= 11 is 5.53. The molecule has 10 heteroatoms. The Hall–Kier alpha value is -3.14. The Labute approximate surface area is 168 Å². The average Bonchev–Trinajstić information content (AvgIpc) is 3.25. The quantitative estimate of drug-likeness (QED) is 0.517. The predicted molar refractivity (Wildman–Crippen MR) is 115 cm³/mol. The van der Waals surface area contributed by atoms with Gasteiger partial charge in [-0.1, -0.05) is 18.3 Å². The van der Waals surface area contributed by atoms with Crippen molar-refractivity contribution in [3.05, 3.63) is 52.2 Å². The highest BCUT2D eigenvalue weighted by Crippen LogP contribution is 2.19. The highest BCUT2D eigenvalue weighted by atomic mass is 32.1. The molecule has 0 amide bonds. The molecule has 0 fully saturated rings. The Morgan fingerprint density at radius 1 is 1.32 bits per heavy atom. The molecule has 0 radical (unpaired) electrons. The zero-order valence-corrected chi connectivity index (χ0v) is 17.2. The Bertz CT molecular complexity index is 1020. The van der Waals surface area contributed by atoms with E-state index in [0.717, 1.165) is 17.2 Å². The molecule has 28 heavy (non-hydrogen) atoms. The van der Waals surface area contributed by atoms with E-state index < -0.39 is 0 Å². The van der Waals surface area contributed by atoms with Gasteiger partial charge in [0.2, 0.25) is 0 Å². The van der Waals surface area contributed by atoms with Crippen molar-refractivity contribution in [2.24, 2.45) is 7.05 Å². The second-order valence-corrected chi connectivity index (χ2v) is 7.04. The number of pyridine rings is 1. The van der Waals surface area contributed by atoms with E-state index in [0.29, 0.717) is 29.5 Å².